The smallest absolute Gasteiger partial charge is 0.256 e. The van der Waals surface area contributed by atoms with E-state index < -0.39 is 5.91 Å². The minimum absolute atomic E-state index is 0.310. The highest BCUT2D eigenvalue weighted by molar-refractivity contribution is 6.00. The molecule has 0 aromatic carbocycles. The first kappa shape index (κ1) is 16.2. The lowest BCUT2D eigenvalue weighted by molar-refractivity contribution is 0.0996. The minimum Gasteiger partial charge on any atom is -0.492 e. The summed E-state index contributed by atoms with van der Waals surface area (Å²) in [5, 5.41) is 3.16. The van der Waals surface area contributed by atoms with Crippen LogP contribution in [-0.4, -0.2) is 22.5 Å². The summed E-state index contributed by atoms with van der Waals surface area (Å²) in [6.45, 7) is 1.15. The van der Waals surface area contributed by atoms with Crippen LogP contribution in [0.3, 0.4) is 0 Å². The summed E-state index contributed by atoms with van der Waals surface area (Å²) in [5.74, 6) is 0.971. The molecule has 1 aliphatic carbocycles. The zero-order chi connectivity index (χ0) is 16.8. The number of aromatic nitrogens is 2. The molecule has 6 heteroatoms. The Labute approximate surface area is 141 Å². The third-order valence-electron chi connectivity index (χ3n) is 4.32. The molecule has 0 radical (unpaired) electrons. The van der Waals surface area contributed by atoms with Crippen molar-refractivity contribution in [2.75, 3.05) is 11.9 Å². The predicted octanol–water partition coefficient (Wildman–Crippen LogP) is 2.76. The average molecular weight is 326 g/mol. The molecule has 0 aliphatic heterocycles. The second-order valence-corrected chi connectivity index (χ2v) is 6.07. The highest BCUT2D eigenvalue weighted by Gasteiger charge is 2.20. The summed E-state index contributed by atoms with van der Waals surface area (Å²) in [6, 6.07) is 5.50. The summed E-state index contributed by atoms with van der Waals surface area (Å²) in [4.78, 5) is 20.1. The topological polar surface area (TPSA) is 90.1 Å². The Kier molecular flexibility index (Phi) is 5.25. The van der Waals surface area contributed by atoms with Crippen LogP contribution in [0.15, 0.2) is 36.8 Å². The zero-order valence-electron chi connectivity index (χ0n) is 13.6. The Morgan fingerprint density at radius 3 is 2.67 bits per heavy atom. The number of ether oxygens (including phenoxy) is 1. The molecule has 1 fully saturated rings. The monoisotopic (exact) mass is 326 g/mol. The number of anilines is 1. The number of nitrogens with zero attached hydrogens (tertiary/aromatic N) is 2. The van der Waals surface area contributed by atoms with Crippen molar-refractivity contribution < 1.29 is 9.53 Å². The molecule has 2 heterocycles. The first-order valence-electron chi connectivity index (χ1n) is 8.28. The van der Waals surface area contributed by atoms with Gasteiger partial charge in [0.2, 0.25) is 0 Å². The lowest BCUT2D eigenvalue weighted by Gasteiger charge is -2.16. The lowest BCUT2D eigenvalue weighted by Crippen LogP contribution is -2.18. The van der Waals surface area contributed by atoms with Crippen LogP contribution in [0.2, 0.25) is 0 Å². The van der Waals surface area contributed by atoms with Gasteiger partial charge in [-0.2, -0.15) is 0 Å². The molecule has 24 heavy (non-hydrogen) atoms. The third-order valence-corrected chi connectivity index (χ3v) is 4.32. The van der Waals surface area contributed by atoms with Crippen LogP contribution >= 0.6 is 0 Å². The number of amides is 1. The number of primary amides is 1. The van der Waals surface area contributed by atoms with Gasteiger partial charge in [-0.25, -0.2) is 4.98 Å². The van der Waals surface area contributed by atoms with E-state index in [1.165, 1.54) is 25.7 Å². The number of hydrogen-bond acceptors (Lipinski definition) is 5. The second-order valence-electron chi connectivity index (χ2n) is 6.07. The predicted molar refractivity (Wildman–Crippen MR) is 91.8 cm³/mol. The molecule has 1 aliphatic rings. The van der Waals surface area contributed by atoms with E-state index in [0.29, 0.717) is 36.2 Å². The SMILES string of the molecule is NC(=O)c1c(OCC2CCCC2)ccnc1NCc1ccncc1. The van der Waals surface area contributed by atoms with Crippen LogP contribution in [0.5, 0.6) is 5.75 Å². The minimum atomic E-state index is -0.540. The van der Waals surface area contributed by atoms with Gasteiger partial charge in [-0.15, -0.1) is 0 Å². The number of nitrogens with two attached hydrogens (primary N) is 1. The highest BCUT2D eigenvalue weighted by atomic mass is 16.5. The van der Waals surface area contributed by atoms with Crippen molar-refractivity contribution in [3.8, 4) is 5.75 Å². The molecular formula is C18H22N4O2. The van der Waals surface area contributed by atoms with Gasteiger partial charge in [0.05, 0.1) is 6.61 Å². The van der Waals surface area contributed by atoms with Gasteiger partial charge in [-0.3, -0.25) is 9.78 Å². The molecule has 3 N–H and O–H groups in total. The molecule has 2 aromatic heterocycles. The highest BCUT2D eigenvalue weighted by Crippen LogP contribution is 2.28. The van der Waals surface area contributed by atoms with Gasteiger partial charge in [0.15, 0.2) is 0 Å². The number of carbonyl (C=O) groups excluding carboxylic acids is 1. The van der Waals surface area contributed by atoms with E-state index in [0.717, 1.165) is 5.56 Å². The van der Waals surface area contributed by atoms with E-state index in [2.05, 4.69) is 15.3 Å². The molecule has 1 amide bonds. The van der Waals surface area contributed by atoms with Crippen LogP contribution in [0.1, 0.15) is 41.6 Å². The average Bonchev–Trinajstić information content (AvgIpc) is 3.12. The van der Waals surface area contributed by atoms with E-state index in [9.17, 15) is 4.79 Å². The number of rotatable bonds is 7. The molecule has 2 aromatic rings. The van der Waals surface area contributed by atoms with Gasteiger partial charge in [0.1, 0.15) is 17.1 Å². The largest absolute Gasteiger partial charge is 0.492 e. The summed E-state index contributed by atoms with van der Waals surface area (Å²) in [6.07, 6.45) is 9.96. The van der Waals surface area contributed by atoms with Crippen LogP contribution in [-0.2, 0) is 6.54 Å². The Bertz CT molecular complexity index is 685. The quantitative estimate of drug-likeness (QED) is 0.816. The molecule has 0 unspecified atom stereocenters. The molecule has 6 nitrogen and oxygen atoms in total. The summed E-state index contributed by atoms with van der Waals surface area (Å²) < 4.78 is 5.88. The van der Waals surface area contributed by atoms with E-state index in [-0.39, 0.29) is 0 Å². The second kappa shape index (κ2) is 7.77. The molecule has 0 atom stereocenters. The van der Waals surface area contributed by atoms with Crippen LogP contribution in [0.25, 0.3) is 0 Å². The van der Waals surface area contributed by atoms with Gasteiger partial charge in [-0.1, -0.05) is 12.8 Å². The van der Waals surface area contributed by atoms with Gasteiger partial charge in [-0.05, 0) is 42.5 Å². The van der Waals surface area contributed by atoms with Crippen LogP contribution in [0, 0.1) is 5.92 Å². The standard InChI is InChI=1S/C18H22N4O2/c19-17(23)16-15(24-12-14-3-1-2-4-14)7-10-21-18(16)22-11-13-5-8-20-9-6-13/h5-10,14H,1-4,11-12H2,(H2,19,23)(H,21,22). The van der Waals surface area contributed by atoms with E-state index >= 15 is 0 Å². The molecule has 0 saturated heterocycles. The van der Waals surface area contributed by atoms with E-state index in [1.54, 1.807) is 24.7 Å². The first-order chi connectivity index (χ1) is 11.7. The third kappa shape index (κ3) is 4.01. The van der Waals surface area contributed by atoms with Crippen molar-refractivity contribution in [3.63, 3.8) is 0 Å². The first-order valence-corrected chi connectivity index (χ1v) is 8.28. The Morgan fingerprint density at radius 2 is 1.96 bits per heavy atom. The molecular weight excluding hydrogens is 304 g/mol. The lowest BCUT2D eigenvalue weighted by atomic mass is 10.1. The van der Waals surface area contributed by atoms with Crippen molar-refractivity contribution in [1.29, 1.82) is 0 Å². The van der Waals surface area contributed by atoms with Crippen molar-refractivity contribution >= 4 is 11.7 Å². The number of hydrogen-bond donors (Lipinski definition) is 2. The Hall–Kier alpha value is -2.63. The maximum absolute atomic E-state index is 11.9. The fourth-order valence-corrected chi connectivity index (χ4v) is 3.01. The number of pyridine rings is 2. The van der Waals surface area contributed by atoms with Crippen LogP contribution < -0.4 is 15.8 Å². The van der Waals surface area contributed by atoms with E-state index in [1.807, 2.05) is 12.1 Å². The zero-order valence-corrected chi connectivity index (χ0v) is 13.6. The fourth-order valence-electron chi connectivity index (χ4n) is 3.01. The van der Waals surface area contributed by atoms with Gasteiger partial charge >= 0.3 is 0 Å². The summed E-state index contributed by atoms with van der Waals surface area (Å²) in [5.41, 5.74) is 6.91. The van der Waals surface area contributed by atoms with Crippen molar-refractivity contribution in [3.05, 3.63) is 47.9 Å². The Morgan fingerprint density at radius 1 is 1.21 bits per heavy atom. The van der Waals surface area contributed by atoms with Gasteiger partial charge < -0.3 is 15.8 Å². The number of nitrogens with one attached hydrogen (secondary N) is 1. The molecule has 0 spiro atoms. The van der Waals surface area contributed by atoms with Gasteiger partial charge in [0.25, 0.3) is 5.91 Å². The van der Waals surface area contributed by atoms with Gasteiger partial charge in [0, 0.05) is 25.1 Å². The maximum Gasteiger partial charge on any atom is 0.256 e. The summed E-state index contributed by atoms with van der Waals surface area (Å²) in [7, 11) is 0. The Balaban J connectivity index is 1.73. The van der Waals surface area contributed by atoms with E-state index in [4.69, 9.17) is 10.5 Å². The van der Waals surface area contributed by atoms with Crippen molar-refractivity contribution in [2.45, 2.75) is 32.2 Å². The normalized spacial score (nSPS) is 14.5. The van der Waals surface area contributed by atoms with Crippen molar-refractivity contribution in [2.24, 2.45) is 11.7 Å². The van der Waals surface area contributed by atoms with Crippen molar-refractivity contribution in [1.82, 2.24) is 9.97 Å². The number of carbonyl (C=O) groups is 1. The molecule has 126 valence electrons. The fraction of sp³-hybridized carbons (Fsp3) is 0.389. The molecule has 0 bridgehead atoms. The summed E-state index contributed by atoms with van der Waals surface area (Å²) >= 11 is 0. The molecule has 1 saturated carbocycles. The van der Waals surface area contributed by atoms with Crippen LogP contribution in [0.4, 0.5) is 5.82 Å². The molecule has 3 rings (SSSR count). The maximum atomic E-state index is 11.9.